The van der Waals surface area contributed by atoms with E-state index in [0.29, 0.717) is 0 Å². The Morgan fingerprint density at radius 1 is 1.38 bits per heavy atom. The first-order valence-electron chi connectivity index (χ1n) is 6.14. The highest BCUT2D eigenvalue weighted by Gasteiger charge is 2.33. The highest BCUT2D eigenvalue weighted by molar-refractivity contribution is 5.47. The first-order chi connectivity index (χ1) is 7.58. The molecule has 2 rings (SSSR count). The number of hydrogen-bond acceptors (Lipinski definition) is 2. The maximum absolute atomic E-state index is 5.84. The summed E-state index contributed by atoms with van der Waals surface area (Å²) in [5.41, 5.74) is 8.34. The molecule has 1 aliphatic carbocycles. The largest absolute Gasteiger partial charge is 0.374 e. The Kier molecular flexibility index (Phi) is 3.20. The van der Waals surface area contributed by atoms with Crippen molar-refractivity contribution in [1.29, 1.82) is 0 Å². The summed E-state index contributed by atoms with van der Waals surface area (Å²) in [5, 5.41) is 0. The van der Waals surface area contributed by atoms with Crippen LogP contribution in [-0.4, -0.2) is 13.6 Å². The fourth-order valence-corrected chi connectivity index (χ4v) is 2.14. The zero-order valence-electron chi connectivity index (χ0n) is 10.5. The van der Waals surface area contributed by atoms with Gasteiger partial charge in [0.05, 0.1) is 0 Å². The average Bonchev–Trinajstić information content (AvgIpc) is 2.94. The van der Waals surface area contributed by atoms with Gasteiger partial charge in [-0.3, -0.25) is 0 Å². The van der Waals surface area contributed by atoms with Crippen LogP contribution in [0.25, 0.3) is 0 Å². The van der Waals surface area contributed by atoms with Gasteiger partial charge in [-0.1, -0.05) is 19.1 Å². The third-order valence-electron chi connectivity index (χ3n) is 3.64. The molecule has 1 saturated carbocycles. The molecule has 3 atom stereocenters. The molecular formula is C14H22N2. The van der Waals surface area contributed by atoms with Crippen LogP contribution in [0.2, 0.25) is 0 Å². The van der Waals surface area contributed by atoms with Gasteiger partial charge in [0.1, 0.15) is 0 Å². The molecule has 88 valence electrons. The van der Waals surface area contributed by atoms with E-state index in [-0.39, 0.29) is 6.04 Å². The maximum Gasteiger partial charge on any atom is 0.0363 e. The van der Waals surface area contributed by atoms with Crippen LogP contribution >= 0.6 is 0 Å². The van der Waals surface area contributed by atoms with Crippen LogP contribution in [0.1, 0.15) is 31.9 Å². The van der Waals surface area contributed by atoms with Crippen molar-refractivity contribution in [2.45, 2.75) is 26.3 Å². The summed E-state index contributed by atoms with van der Waals surface area (Å²) < 4.78 is 0. The van der Waals surface area contributed by atoms with Crippen molar-refractivity contribution in [3.8, 4) is 0 Å². The Balaban J connectivity index is 1.97. The van der Waals surface area contributed by atoms with E-state index in [1.165, 1.54) is 24.2 Å². The second-order valence-electron chi connectivity index (χ2n) is 5.23. The Hall–Kier alpha value is -1.02. The van der Waals surface area contributed by atoms with Crippen LogP contribution < -0.4 is 10.6 Å². The van der Waals surface area contributed by atoms with Gasteiger partial charge in [0.25, 0.3) is 0 Å². The minimum Gasteiger partial charge on any atom is -0.374 e. The normalized spacial score (nSPS) is 25.2. The number of hydrogen-bond donors (Lipinski definition) is 1. The summed E-state index contributed by atoms with van der Waals surface area (Å²) in [5.74, 6) is 1.82. The lowest BCUT2D eigenvalue weighted by Gasteiger charge is -2.20. The summed E-state index contributed by atoms with van der Waals surface area (Å²) in [4.78, 5) is 2.35. The van der Waals surface area contributed by atoms with E-state index >= 15 is 0 Å². The van der Waals surface area contributed by atoms with Crippen molar-refractivity contribution in [1.82, 2.24) is 0 Å². The monoisotopic (exact) mass is 218 g/mol. The second kappa shape index (κ2) is 4.46. The highest BCUT2D eigenvalue weighted by atomic mass is 15.1. The van der Waals surface area contributed by atoms with Gasteiger partial charge in [-0.05, 0) is 42.9 Å². The molecule has 1 fully saturated rings. The van der Waals surface area contributed by atoms with E-state index < -0.39 is 0 Å². The molecule has 0 heterocycles. The summed E-state index contributed by atoms with van der Waals surface area (Å²) in [6.45, 7) is 5.53. The SMILES string of the molecule is CC(N)c1ccc(N(C)CC2CC2C)cc1. The molecule has 1 aliphatic rings. The van der Waals surface area contributed by atoms with Crippen LogP contribution in [0.3, 0.4) is 0 Å². The van der Waals surface area contributed by atoms with E-state index in [0.717, 1.165) is 11.8 Å². The molecule has 1 aromatic rings. The average molecular weight is 218 g/mol. The number of benzene rings is 1. The third-order valence-corrected chi connectivity index (χ3v) is 3.64. The highest BCUT2D eigenvalue weighted by Crippen LogP contribution is 2.38. The smallest absolute Gasteiger partial charge is 0.0363 e. The predicted molar refractivity (Wildman–Crippen MR) is 69.6 cm³/mol. The molecular weight excluding hydrogens is 196 g/mol. The lowest BCUT2D eigenvalue weighted by molar-refractivity contribution is 0.725. The van der Waals surface area contributed by atoms with Crippen LogP contribution in [0, 0.1) is 11.8 Å². The zero-order valence-corrected chi connectivity index (χ0v) is 10.5. The predicted octanol–water partition coefficient (Wildman–Crippen LogP) is 2.80. The maximum atomic E-state index is 5.84. The zero-order chi connectivity index (χ0) is 11.7. The van der Waals surface area contributed by atoms with Crippen LogP contribution in [0.15, 0.2) is 24.3 Å². The van der Waals surface area contributed by atoms with Crippen LogP contribution in [0.4, 0.5) is 5.69 Å². The van der Waals surface area contributed by atoms with Gasteiger partial charge in [0.15, 0.2) is 0 Å². The standard InChI is InChI=1S/C14H22N2/c1-10-8-13(10)9-16(3)14-6-4-12(5-7-14)11(2)15/h4-7,10-11,13H,8-9,15H2,1-3H3. The Morgan fingerprint density at radius 3 is 2.38 bits per heavy atom. The molecule has 2 nitrogen and oxygen atoms in total. The van der Waals surface area contributed by atoms with Crippen molar-refractivity contribution in [3.63, 3.8) is 0 Å². The number of anilines is 1. The fourth-order valence-electron chi connectivity index (χ4n) is 2.14. The molecule has 0 saturated heterocycles. The Bertz CT molecular complexity index is 342. The quantitative estimate of drug-likeness (QED) is 0.842. The molecule has 1 aromatic carbocycles. The van der Waals surface area contributed by atoms with Gasteiger partial charge in [-0.2, -0.15) is 0 Å². The molecule has 0 bridgehead atoms. The van der Waals surface area contributed by atoms with Crippen molar-refractivity contribution >= 4 is 5.69 Å². The minimum absolute atomic E-state index is 0.128. The summed E-state index contributed by atoms with van der Waals surface area (Å²) in [6, 6.07) is 8.74. The van der Waals surface area contributed by atoms with Crippen LogP contribution in [0.5, 0.6) is 0 Å². The first-order valence-corrected chi connectivity index (χ1v) is 6.14. The molecule has 0 spiro atoms. The molecule has 0 aliphatic heterocycles. The Labute approximate surface area is 98.4 Å². The molecule has 2 heteroatoms. The summed E-state index contributed by atoms with van der Waals surface area (Å²) >= 11 is 0. The van der Waals surface area contributed by atoms with Gasteiger partial charge in [0.2, 0.25) is 0 Å². The van der Waals surface area contributed by atoms with Gasteiger partial charge < -0.3 is 10.6 Å². The van der Waals surface area contributed by atoms with Crippen LogP contribution in [-0.2, 0) is 0 Å². The molecule has 0 radical (unpaired) electrons. The molecule has 16 heavy (non-hydrogen) atoms. The van der Waals surface area contributed by atoms with E-state index in [4.69, 9.17) is 5.73 Å². The van der Waals surface area contributed by atoms with Gasteiger partial charge >= 0.3 is 0 Å². The van der Waals surface area contributed by atoms with Gasteiger partial charge in [-0.15, -0.1) is 0 Å². The van der Waals surface area contributed by atoms with E-state index in [1.54, 1.807) is 0 Å². The molecule has 3 unspecified atom stereocenters. The van der Waals surface area contributed by atoms with E-state index in [9.17, 15) is 0 Å². The van der Waals surface area contributed by atoms with Crippen molar-refractivity contribution in [3.05, 3.63) is 29.8 Å². The summed E-state index contributed by atoms with van der Waals surface area (Å²) in [6.07, 6.45) is 1.39. The lowest BCUT2D eigenvalue weighted by Crippen LogP contribution is -2.20. The van der Waals surface area contributed by atoms with Crippen molar-refractivity contribution < 1.29 is 0 Å². The van der Waals surface area contributed by atoms with Crippen molar-refractivity contribution in [2.75, 3.05) is 18.5 Å². The number of nitrogens with two attached hydrogens (primary N) is 1. The molecule has 2 N–H and O–H groups in total. The lowest BCUT2D eigenvalue weighted by atomic mass is 10.1. The van der Waals surface area contributed by atoms with Crippen molar-refractivity contribution in [2.24, 2.45) is 17.6 Å². The van der Waals surface area contributed by atoms with Gasteiger partial charge in [-0.25, -0.2) is 0 Å². The minimum atomic E-state index is 0.128. The van der Waals surface area contributed by atoms with E-state index in [1.807, 2.05) is 6.92 Å². The molecule has 0 amide bonds. The summed E-state index contributed by atoms with van der Waals surface area (Å²) in [7, 11) is 2.17. The topological polar surface area (TPSA) is 29.3 Å². The molecule has 0 aromatic heterocycles. The second-order valence-corrected chi connectivity index (χ2v) is 5.23. The third kappa shape index (κ3) is 2.56. The van der Waals surface area contributed by atoms with E-state index in [2.05, 4.69) is 43.1 Å². The first kappa shape index (κ1) is 11.5. The van der Waals surface area contributed by atoms with Gasteiger partial charge in [0, 0.05) is 25.3 Å². The number of rotatable bonds is 4. The Morgan fingerprint density at radius 2 is 1.94 bits per heavy atom. The number of nitrogens with zero attached hydrogens (tertiary/aromatic N) is 1. The fraction of sp³-hybridized carbons (Fsp3) is 0.571.